The number of amides is 2. The van der Waals surface area contributed by atoms with Crippen LogP contribution in [0, 0.1) is 5.92 Å². The number of benzene rings is 2. The summed E-state index contributed by atoms with van der Waals surface area (Å²) in [5.41, 5.74) is 1.71. The predicted octanol–water partition coefficient (Wildman–Crippen LogP) is 2.69. The van der Waals surface area contributed by atoms with Gasteiger partial charge in [0.25, 0.3) is 5.91 Å². The SMILES string of the molecule is O=C(Nc1cc(S(=O)(=O)N2CCOCC2)ccc1N1CCOCC1)C1CCCN(C(=O)c2ccc(Cl)cc2)C1. The summed E-state index contributed by atoms with van der Waals surface area (Å²) in [5.74, 6) is -0.803. The Bertz CT molecular complexity index is 1290. The van der Waals surface area contributed by atoms with E-state index < -0.39 is 15.9 Å². The lowest BCUT2D eigenvalue weighted by Crippen LogP contribution is -2.44. The van der Waals surface area contributed by atoms with Gasteiger partial charge in [-0.2, -0.15) is 4.31 Å². The van der Waals surface area contributed by atoms with Crippen molar-refractivity contribution in [2.75, 3.05) is 75.9 Å². The summed E-state index contributed by atoms with van der Waals surface area (Å²) < 4.78 is 38.9. The fourth-order valence-corrected chi connectivity index (χ4v) is 6.74. The van der Waals surface area contributed by atoms with Crippen LogP contribution in [-0.4, -0.2) is 95.1 Å². The van der Waals surface area contributed by atoms with Crippen molar-refractivity contribution in [1.82, 2.24) is 9.21 Å². The van der Waals surface area contributed by atoms with Crippen LogP contribution in [0.3, 0.4) is 0 Å². The van der Waals surface area contributed by atoms with Crippen LogP contribution in [0.2, 0.25) is 5.02 Å². The largest absolute Gasteiger partial charge is 0.379 e. The fourth-order valence-electron chi connectivity index (χ4n) is 5.18. The minimum atomic E-state index is -3.75. The minimum Gasteiger partial charge on any atom is -0.379 e. The van der Waals surface area contributed by atoms with Gasteiger partial charge in [-0.1, -0.05) is 11.6 Å². The normalized spacial score (nSPS) is 21.0. The number of hydrogen-bond acceptors (Lipinski definition) is 7. The molecule has 5 rings (SSSR count). The van der Waals surface area contributed by atoms with E-state index in [-0.39, 0.29) is 36.3 Å². The first-order valence-corrected chi connectivity index (χ1v) is 15.0. The first-order valence-electron chi connectivity index (χ1n) is 13.2. The molecular weight excluding hydrogens is 544 g/mol. The van der Waals surface area contributed by atoms with Crippen molar-refractivity contribution < 1.29 is 27.5 Å². The van der Waals surface area contributed by atoms with E-state index in [1.54, 1.807) is 47.4 Å². The molecule has 0 bridgehead atoms. The van der Waals surface area contributed by atoms with Gasteiger partial charge < -0.3 is 24.6 Å². The highest BCUT2D eigenvalue weighted by molar-refractivity contribution is 7.89. The number of nitrogens with one attached hydrogen (secondary N) is 1. The molecule has 1 N–H and O–H groups in total. The molecule has 3 fully saturated rings. The molecule has 3 saturated heterocycles. The lowest BCUT2D eigenvalue weighted by molar-refractivity contribution is -0.121. The lowest BCUT2D eigenvalue weighted by atomic mass is 9.96. The van der Waals surface area contributed by atoms with E-state index in [4.69, 9.17) is 21.1 Å². The Hall–Kier alpha value is -2.70. The van der Waals surface area contributed by atoms with E-state index in [0.29, 0.717) is 75.2 Å². The summed E-state index contributed by atoms with van der Waals surface area (Å²) in [4.78, 5) is 30.5. The third kappa shape index (κ3) is 6.38. The fraction of sp³-hybridized carbons (Fsp3) is 0.481. The molecule has 10 nitrogen and oxygen atoms in total. The second-order valence-electron chi connectivity index (χ2n) is 9.88. The molecule has 3 aliphatic rings. The first kappa shape index (κ1) is 27.9. The van der Waals surface area contributed by atoms with Gasteiger partial charge in [-0.05, 0) is 55.3 Å². The zero-order valence-electron chi connectivity index (χ0n) is 21.7. The van der Waals surface area contributed by atoms with Crippen molar-refractivity contribution in [3.8, 4) is 0 Å². The minimum absolute atomic E-state index is 0.125. The van der Waals surface area contributed by atoms with E-state index >= 15 is 0 Å². The van der Waals surface area contributed by atoms with Crippen molar-refractivity contribution in [3.05, 3.63) is 53.1 Å². The molecule has 1 atom stereocenters. The van der Waals surface area contributed by atoms with Crippen LogP contribution in [0.15, 0.2) is 47.4 Å². The van der Waals surface area contributed by atoms with Gasteiger partial charge >= 0.3 is 0 Å². The maximum Gasteiger partial charge on any atom is 0.253 e. The van der Waals surface area contributed by atoms with Crippen molar-refractivity contribution in [3.63, 3.8) is 0 Å². The summed E-state index contributed by atoms with van der Waals surface area (Å²) in [6.45, 7) is 4.48. The molecule has 2 aromatic carbocycles. The Morgan fingerprint density at radius 2 is 1.56 bits per heavy atom. The zero-order valence-corrected chi connectivity index (χ0v) is 23.3. The van der Waals surface area contributed by atoms with Crippen molar-refractivity contribution >= 4 is 44.8 Å². The van der Waals surface area contributed by atoms with E-state index in [0.717, 1.165) is 5.69 Å². The van der Waals surface area contributed by atoms with Gasteiger partial charge in [0.05, 0.1) is 48.6 Å². The lowest BCUT2D eigenvalue weighted by Gasteiger charge is -2.34. The van der Waals surface area contributed by atoms with E-state index in [1.165, 1.54) is 4.31 Å². The Morgan fingerprint density at radius 3 is 2.26 bits per heavy atom. The van der Waals surface area contributed by atoms with E-state index in [1.807, 2.05) is 0 Å². The van der Waals surface area contributed by atoms with E-state index in [9.17, 15) is 18.0 Å². The highest BCUT2D eigenvalue weighted by Crippen LogP contribution is 2.32. The van der Waals surface area contributed by atoms with Gasteiger partial charge in [0.15, 0.2) is 0 Å². The third-order valence-electron chi connectivity index (χ3n) is 7.36. The van der Waals surface area contributed by atoms with Gasteiger partial charge in [-0.3, -0.25) is 9.59 Å². The molecule has 0 radical (unpaired) electrons. The number of carbonyl (C=O) groups is 2. The monoisotopic (exact) mass is 576 g/mol. The quantitative estimate of drug-likeness (QED) is 0.563. The topological polar surface area (TPSA) is 108 Å². The average Bonchev–Trinajstić information content (AvgIpc) is 2.98. The molecule has 1 unspecified atom stereocenters. The molecule has 3 heterocycles. The maximum absolute atomic E-state index is 13.5. The van der Waals surface area contributed by atoms with Crippen LogP contribution in [0.4, 0.5) is 11.4 Å². The molecule has 3 aliphatic heterocycles. The van der Waals surface area contributed by atoms with E-state index in [2.05, 4.69) is 10.2 Å². The molecule has 2 amide bonds. The second-order valence-corrected chi connectivity index (χ2v) is 12.3. The highest BCUT2D eigenvalue weighted by Gasteiger charge is 2.31. The molecular formula is C27H33ClN4O6S. The number of sulfonamides is 1. The van der Waals surface area contributed by atoms with Crippen LogP contribution >= 0.6 is 11.6 Å². The number of nitrogens with zero attached hydrogens (tertiary/aromatic N) is 3. The predicted molar refractivity (Wildman–Crippen MR) is 148 cm³/mol. The number of halogens is 1. The Kier molecular flexibility index (Phi) is 8.73. The zero-order chi connectivity index (χ0) is 27.4. The summed E-state index contributed by atoms with van der Waals surface area (Å²) >= 11 is 5.96. The molecule has 39 heavy (non-hydrogen) atoms. The van der Waals surface area contributed by atoms with Crippen molar-refractivity contribution in [2.24, 2.45) is 5.92 Å². The van der Waals surface area contributed by atoms with Crippen LogP contribution in [0.5, 0.6) is 0 Å². The second kappa shape index (κ2) is 12.2. The van der Waals surface area contributed by atoms with Gasteiger partial charge in [0, 0.05) is 49.9 Å². The van der Waals surface area contributed by atoms with Crippen LogP contribution in [-0.2, 0) is 24.3 Å². The number of anilines is 2. The molecule has 12 heteroatoms. The maximum atomic E-state index is 13.5. The Balaban J connectivity index is 1.36. The van der Waals surface area contributed by atoms with Crippen molar-refractivity contribution in [1.29, 1.82) is 0 Å². The smallest absolute Gasteiger partial charge is 0.253 e. The molecule has 0 aliphatic carbocycles. The van der Waals surface area contributed by atoms with Gasteiger partial charge in [-0.15, -0.1) is 0 Å². The molecule has 0 spiro atoms. The number of ether oxygens (including phenoxy) is 2. The number of carbonyl (C=O) groups excluding carboxylic acids is 2. The van der Waals surface area contributed by atoms with Gasteiger partial charge in [0.2, 0.25) is 15.9 Å². The number of hydrogen-bond donors (Lipinski definition) is 1. The van der Waals surface area contributed by atoms with Crippen molar-refractivity contribution in [2.45, 2.75) is 17.7 Å². The summed E-state index contributed by atoms with van der Waals surface area (Å²) in [7, 11) is -3.75. The summed E-state index contributed by atoms with van der Waals surface area (Å²) in [5, 5.41) is 3.57. The summed E-state index contributed by atoms with van der Waals surface area (Å²) in [6.07, 6.45) is 1.33. The van der Waals surface area contributed by atoms with Gasteiger partial charge in [0.1, 0.15) is 0 Å². The van der Waals surface area contributed by atoms with Crippen LogP contribution < -0.4 is 10.2 Å². The Labute approximate surface area is 233 Å². The van der Waals surface area contributed by atoms with Crippen LogP contribution in [0.1, 0.15) is 23.2 Å². The standard InChI is InChI=1S/C27H33ClN4O6S/c28-22-5-3-20(4-6-22)27(34)31-9-1-2-21(19-31)26(33)29-24-18-23(39(35,36)32-12-16-38-17-13-32)7-8-25(24)30-10-14-37-15-11-30/h3-8,18,21H,1-2,9-17,19H2,(H,29,33). The van der Waals surface area contributed by atoms with Crippen LogP contribution in [0.25, 0.3) is 0 Å². The average molecular weight is 577 g/mol. The molecule has 2 aromatic rings. The first-order chi connectivity index (χ1) is 18.8. The number of likely N-dealkylation sites (tertiary alicyclic amines) is 1. The Morgan fingerprint density at radius 1 is 0.897 bits per heavy atom. The molecule has 210 valence electrons. The molecule has 0 aromatic heterocycles. The summed E-state index contributed by atoms with van der Waals surface area (Å²) in [6, 6.07) is 11.6. The number of piperidine rings is 1. The van der Waals surface area contributed by atoms with Gasteiger partial charge in [-0.25, -0.2) is 8.42 Å². The number of morpholine rings is 2. The highest BCUT2D eigenvalue weighted by atomic mass is 35.5. The molecule has 0 saturated carbocycles. The number of rotatable bonds is 6. The third-order valence-corrected chi connectivity index (χ3v) is 9.50.